The first kappa shape index (κ1) is 66.5. The lowest BCUT2D eigenvalue weighted by Gasteiger charge is -2.28. The molecular formula is C59H106NO8P. The summed E-state index contributed by atoms with van der Waals surface area (Å²) in [5.74, 6) is -0.838. The summed E-state index contributed by atoms with van der Waals surface area (Å²) in [6.45, 7) is 4.05. The molecule has 0 aromatic rings. The quantitative estimate of drug-likeness (QED) is 0.0195. The first-order chi connectivity index (χ1) is 33.5. The zero-order chi connectivity index (χ0) is 50.6. The van der Waals surface area contributed by atoms with Crippen molar-refractivity contribution >= 4 is 19.8 Å². The average molecular weight is 988 g/mol. The second-order valence-electron chi connectivity index (χ2n) is 19.9. The smallest absolute Gasteiger partial charge is 0.306 e. The second kappa shape index (κ2) is 50.4. The Bertz CT molecular complexity index is 1400. The maximum atomic E-state index is 12.7. The van der Waals surface area contributed by atoms with Crippen LogP contribution in [0.25, 0.3) is 0 Å². The van der Waals surface area contributed by atoms with Gasteiger partial charge in [-0.25, -0.2) is 0 Å². The maximum absolute atomic E-state index is 12.7. The van der Waals surface area contributed by atoms with E-state index in [1.54, 1.807) is 0 Å². The largest absolute Gasteiger partial charge is 0.756 e. The van der Waals surface area contributed by atoms with Crippen molar-refractivity contribution in [3.8, 4) is 0 Å². The Morgan fingerprint density at radius 1 is 0.464 bits per heavy atom. The van der Waals surface area contributed by atoms with Crippen molar-refractivity contribution in [3.05, 3.63) is 72.9 Å². The van der Waals surface area contributed by atoms with Crippen LogP contribution in [0.5, 0.6) is 0 Å². The summed E-state index contributed by atoms with van der Waals surface area (Å²) in [5, 5.41) is 0. The lowest BCUT2D eigenvalue weighted by Crippen LogP contribution is -2.37. The fraction of sp³-hybridized carbons (Fsp3) is 0.763. The number of unbranched alkanes of at least 4 members (excludes halogenated alkanes) is 25. The second-order valence-corrected chi connectivity index (χ2v) is 21.3. The molecule has 0 bridgehead atoms. The number of phosphoric ester groups is 1. The van der Waals surface area contributed by atoms with Gasteiger partial charge in [-0.15, -0.1) is 0 Å². The van der Waals surface area contributed by atoms with Crippen LogP contribution in [0.3, 0.4) is 0 Å². The Hall–Kier alpha value is -2.55. The maximum Gasteiger partial charge on any atom is 0.306 e. The lowest BCUT2D eigenvalue weighted by molar-refractivity contribution is -0.870. The van der Waals surface area contributed by atoms with E-state index < -0.39 is 32.5 Å². The van der Waals surface area contributed by atoms with Crippen molar-refractivity contribution in [1.29, 1.82) is 0 Å². The number of rotatable bonds is 51. The number of esters is 2. The molecule has 2 atom stereocenters. The van der Waals surface area contributed by atoms with Gasteiger partial charge in [0.25, 0.3) is 7.82 Å². The van der Waals surface area contributed by atoms with Gasteiger partial charge in [-0.05, 0) is 64.2 Å². The molecule has 0 aliphatic rings. The number of ether oxygens (including phenoxy) is 2. The molecule has 0 N–H and O–H groups in total. The third kappa shape index (κ3) is 54.6. The van der Waals surface area contributed by atoms with Gasteiger partial charge in [-0.2, -0.15) is 0 Å². The first-order valence-electron chi connectivity index (χ1n) is 28.1. The number of carbonyl (C=O) groups is 2. The summed E-state index contributed by atoms with van der Waals surface area (Å²) < 4.78 is 33.8. The van der Waals surface area contributed by atoms with Gasteiger partial charge >= 0.3 is 11.9 Å². The minimum atomic E-state index is -4.62. The molecule has 0 radical (unpaired) electrons. The summed E-state index contributed by atoms with van der Waals surface area (Å²) in [6.07, 6.45) is 65.9. The molecule has 0 aromatic heterocycles. The van der Waals surface area contributed by atoms with Gasteiger partial charge in [-0.3, -0.25) is 14.2 Å². The van der Waals surface area contributed by atoms with Crippen LogP contribution in [-0.2, 0) is 32.7 Å². The van der Waals surface area contributed by atoms with Crippen molar-refractivity contribution in [2.75, 3.05) is 47.5 Å². The van der Waals surface area contributed by atoms with Crippen molar-refractivity contribution in [1.82, 2.24) is 0 Å². The highest BCUT2D eigenvalue weighted by atomic mass is 31.2. The third-order valence-corrected chi connectivity index (χ3v) is 13.0. The Morgan fingerprint density at radius 2 is 0.826 bits per heavy atom. The fourth-order valence-electron chi connectivity index (χ4n) is 7.66. The molecule has 0 saturated heterocycles. The van der Waals surface area contributed by atoms with E-state index >= 15 is 0 Å². The molecule has 400 valence electrons. The average Bonchev–Trinajstić information content (AvgIpc) is 3.31. The number of allylic oxidation sites excluding steroid dienone is 12. The lowest BCUT2D eigenvalue weighted by atomic mass is 10.0. The Kier molecular flexibility index (Phi) is 48.5. The zero-order valence-corrected chi connectivity index (χ0v) is 46.1. The van der Waals surface area contributed by atoms with Crippen LogP contribution in [0.2, 0.25) is 0 Å². The van der Waals surface area contributed by atoms with Gasteiger partial charge in [0.05, 0.1) is 27.7 Å². The molecule has 0 saturated carbocycles. The SMILES string of the molecule is CC/C=C\C/C=C\C/C=C\C/C=C\C/C=C\C/C=C\CCCCCCCCCCCCCCCCCCCCCCC(=O)OC(COC(=O)CCCCCCCC)COP(=O)([O-])OCC[N+](C)(C)C. The summed E-state index contributed by atoms with van der Waals surface area (Å²) in [4.78, 5) is 37.4. The zero-order valence-electron chi connectivity index (χ0n) is 45.2. The van der Waals surface area contributed by atoms with E-state index in [9.17, 15) is 19.0 Å². The number of quaternary nitrogens is 1. The van der Waals surface area contributed by atoms with Crippen LogP contribution in [0.15, 0.2) is 72.9 Å². The van der Waals surface area contributed by atoms with Crippen molar-refractivity contribution in [3.63, 3.8) is 0 Å². The van der Waals surface area contributed by atoms with Crippen LogP contribution >= 0.6 is 7.82 Å². The molecule has 10 heteroatoms. The van der Waals surface area contributed by atoms with E-state index in [0.29, 0.717) is 17.4 Å². The third-order valence-electron chi connectivity index (χ3n) is 12.0. The van der Waals surface area contributed by atoms with Crippen molar-refractivity contribution in [2.45, 2.75) is 245 Å². The molecule has 0 aliphatic carbocycles. The summed E-state index contributed by atoms with van der Waals surface area (Å²) in [5.41, 5.74) is 0. The van der Waals surface area contributed by atoms with Gasteiger partial charge < -0.3 is 27.9 Å². The molecule has 0 spiro atoms. The van der Waals surface area contributed by atoms with E-state index in [1.165, 1.54) is 116 Å². The highest BCUT2D eigenvalue weighted by Gasteiger charge is 2.21. The van der Waals surface area contributed by atoms with E-state index in [4.69, 9.17) is 18.5 Å². The molecule has 0 heterocycles. The van der Waals surface area contributed by atoms with Gasteiger partial charge in [0.2, 0.25) is 0 Å². The molecule has 2 unspecified atom stereocenters. The number of nitrogens with zero attached hydrogens (tertiary/aromatic N) is 1. The van der Waals surface area contributed by atoms with Gasteiger partial charge in [0, 0.05) is 12.8 Å². The Morgan fingerprint density at radius 3 is 1.23 bits per heavy atom. The van der Waals surface area contributed by atoms with Crippen molar-refractivity contribution < 1.29 is 42.1 Å². The van der Waals surface area contributed by atoms with Crippen LogP contribution in [-0.4, -0.2) is 70.0 Å². The standard InChI is InChI=1S/C59H106NO8P/c1-6-8-10-12-14-15-16-17-18-19-20-21-22-23-24-25-26-27-28-29-30-31-32-33-34-35-36-37-38-39-40-41-42-43-44-45-46-48-50-52-59(62)68-57(55-65-58(61)51-49-47-13-11-9-7-2)56-67-69(63,64)66-54-53-60(3,4)5/h8,10,14-15,17-18,20-21,23-24,26-27,57H,6-7,9,11-13,16,19,22,25,28-56H2,1-5H3/b10-8-,15-14-,18-17-,21-20-,24-23-,27-26-. The van der Waals surface area contributed by atoms with Crippen LogP contribution in [0.4, 0.5) is 0 Å². The summed E-state index contributed by atoms with van der Waals surface area (Å²) in [6, 6.07) is 0. The molecule has 0 aromatic carbocycles. The molecule has 69 heavy (non-hydrogen) atoms. The first-order valence-corrected chi connectivity index (χ1v) is 29.6. The predicted molar refractivity (Wildman–Crippen MR) is 291 cm³/mol. The van der Waals surface area contributed by atoms with Crippen molar-refractivity contribution in [2.24, 2.45) is 0 Å². The van der Waals surface area contributed by atoms with Gasteiger partial charge in [0.1, 0.15) is 19.8 Å². The number of hydrogen-bond donors (Lipinski definition) is 0. The monoisotopic (exact) mass is 988 g/mol. The fourth-order valence-corrected chi connectivity index (χ4v) is 8.39. The van der Waals surface area contributed by atoms with E-state index in [-0.39, 0.29) is 26.1 Å². The Labute approximate surface area is 425 Å². The van der Waals surface area contributed by atoms with Gasteiger partial charge in [0.15, 0.2) is 6.10 Å². The number of phosphoric acid groups is 1. The highest BCUT2D eigenvalue weighted by molar-refractivity contribution is 7.45. The molecule has 0 amide bonds. The number of carbonyl (C=O) groups excluding carboxylic acids is 2. The molecule has 0 aliphatic heterocycles. The number of likely N-dealkylation sites (N-methyl/N-ethyl adjacent to an activating group) is 1. The van der Waals surface area contributed by atoms with Crippen LogP contribution in [0, 0.1) is 0 Å². The van der Waals surface area contributed by atoms with E-state index in [2.05, 4.69) is 86.8 Å². The Balaban J connectivity index is 3.81. The molecule has 0 rings (SSSR count). The van der Waals surface area contributed by atoms with Crippen LogP contribution in [0.1, 0.15) is 239 Å². The summed E-state index contributed by atoms with van der Waals surface area (Å²) >= 11 is 0. The normalized spacial score (nSPS) is 13.9. The molecular weight excluding hydrogens is 882 g/mol. The predicted octanol–water partition coefficient (Wildman–Crippen LogP) is 16.7. The minimum Gasteiger partial charge on any atom is -0.756 e. The van der Waals surface area contributed by atoms with Gasteiger partial charge in [-0.1, -0.05) is 234 Å². The topological polar surface area (TPSA) is 111 Å². The minimum absolute atomic E-state index is 0.0302. The van der Waals surface area contributed by atoms with Crippen LogP contribution < -0.4 is 4.89 Å². The highest BCUT2D eigenvalue weighted by Crippen LogP contribution is 2.38. The molecule has 0 fully saturated rings. The van der Waals surface area contributed by atoms with E-state index in [1.807, 2.05) is 21.1 Å². The number of hydrogen-bond acceptors (Lipinski definition) is 8. The summed E-state index contributed by atoms with van der Waals surface area (Å²) in [7, 11) is 1.17. The molecule has 9 nitrogen and oxygen atoms in total. The van der Waals surface area contributed by atoms with E-state index in [0.717, 1.165) is 89.9 Å².